The van der Waals surface area contributed by atoms with Gasteiger partial charge in [0.2, 0.25) is 0 Å². The number of hydrogen-bond acceptors (Lipinski definition) is 1. The van der Waals surface area contributed by atoms with Crippen molar-refractivity contribution in [3.05, 3.63) is 69.7 Å². The smallest absolute Gasteiger partial charge is 0.122 e. The van der Waals surface area contributed by atoms with E-state index in [1.807, 2.05) is 24.3 Å². The van der Waals surface area contributed by atoms with Gasteiger partial charge in [-0.2, -0.15) is 0 Å². The van der Waals surface area contributed by atoms with Crippen molar-refractivity contribution in [1.82, 2.24) is 0 Å². The van der Waals surface area contributed by atoms with Gasteiger partial charge in [-0.05, 0) is 41.8 Å². The number of rotatable bonds is 4. The van der Waals surface area contributed by atoms with Gasteiger partial charge in [-0.15, -0.1) is 0 Å². The zero-order chi connectivity index (χ0) is 15.1. The minimum absolute atomic E-state index is 0.00530. The van der Waals surface area contributed by atoms with Crippen LogP contribution in [0.3, 0.4) is 0 Å². The summed E-state index contributed by atoms with van der Waals surface area (Å²) in [4.78, 5) is 0. The van der Waals surface area contributed by atoms with Gasteiger partial charge in [0.1, 0.15) is 5.60 Å². The van der Waals surface area contributed by atoms with Gasteiger partial charge in [0.15, 0.2) is 0 Å². The Labute approximate surface area is 135 Å². The first-order valence-electron chi connectivity index (χ1n) is 7.07. The first kappa shape index (κ1) is 14.9. The molecule has 1 saturated heterocycles. The molecule has 0 bridgehead atoms. The van der Waals surface area contributed by atoms with E-state index in [4.69, 9.17) is 27.9 Å². The van der Waals surface area contributed by atoms with Gasteiger partial charge in [-0.3, -0.25) is 0 Å². The Balaban J connectivity index is 1.86. The maximum Gasteiger partial charge on any atom is 0.122 e. The van der Waals surface area contributed by atoms with E-state index < -0.39 is 0 Å². The summed E-state index contributed by atoms with van der Waals surface area (Å²) < 4.78 is 5.91. The second kappa shape index (κ2) is 5.31. The lowest BCUT2D eigenvalue weighted by Crippen LogP contribution is -2.33. The van der Waals surface area contributed by atoms with E-state index in [0.29, 0.717) is 0 Å². The van der Waals surface area contributed by atoms with E-state index in [1.54, 1.807) is 0 Å². The van der Waals surface area contributed by atoms with Crippen LogP contribution in [0, 0.1) is 5.41 Å². The fourth-order valence-electron chi connectivity index (χ4n) is 2.99. The van der Waals surface area contributed by atoms with E-state index in [9.17, 15) is 0 Å². The van der Waals surface area contributed by atoms with Crippen LogP contribution in [0.15, 0.2) is 48.5 Å². The summed E-state index contributed by atoms with van der Waals surface area (Å²) >= 11 is 11.9. The normalized spacial score (nSPS) is 21.3. The molecule has 1 nitrogen and oxygen atoms in total. The lowest BCUT2D eigenvalue weighted by atomic mass is 9.71. The quantitative estimate of drug-likeness (QED) is 0.679. The molecule has 0 saturated carbocycles. The Morgan fingerprint density at radius 3 is 1.90 bits per heavy atom. The van der Waals surface area contributed by atoms with Crippen LogP contribution in [0.2, 0.25) is 10.0 Å². The fourth-order valence-corrected chi connectivity index (χ4v) is 3.25. The average molecular weight is 321 g/mol. The molecular formula is C18H18Cl2O. The summed E-state index contributed by atoms with van der Waals surface area (Å²) in [5, 5.41) is 1.52. The van der Waals surface area contributed by atoms with Crippen molar-refractivity contribution < 1.29 is 4.74 Å². The standard InChI is InChI=1S/C18H18Cl2O/c1-17(2,11-13-3-7-15(19)8-4-13)18(12-21-18)14-5-9-16(20)10-6-14/h3-10H,11-12H2,1-2H3. The Kier molecular flexibility index (Phi) is 3.77. The minimum Gasteiger partial charge on any atom is -0.364 e. The summed E-state index contributed by atoms with van der Waals surface area (Å²) in [5.41, 5.74) is 2.26. The molecule has 3 rings (SSSR count). The van der Waals surface area contributed by atoms with Crippen LogP contribution in [0.25, 0.3) is 0 Å². The summed E-state index contributed by atoms with van der Waals surface area (Å²) in [6.07, 6.45) is 0.937. The molecule has 3 heteroatoms. The summed E-state index contributed by atoms with van der Waals surface area (Å²) in [5.74, 6) is 0. The lowest BCUT2D eigenvalue weighted by Gasteiger charge is -2.32. The van der Waals surface area contributed by atoms with E-state index >= 15 is 0 Å². The second-order valence-corrected chi connectivity index (χ2v) is 7.18. The number of epoxide rings is 1. The van der Waals surface area contributed by atoms with Gasteiger partial charge in [-0.1, -0.05) is 61.3 Å². The molecule has 21 heavy (non-hydrogen) atoms. The van der Waals surface area contributed by atoms with E-state index in [2.05, 4.69) is 38.1 Å². The SMILES string of the molecule is CC(C)(Cc1ccc(Cl)cc1)C1(c2ccc(Cl)cc2)CO1. The molecule has 1 atom stereocenters. The first-order chi connectivity index (χ1) is 9.93. The maximum absolute atomic E-state index is 5.99. The van der Waals surface area contributed by atoms with Crippen LogP contribution >= 0.6 is 23.2 Å². The number of benzene rings is 2. The van der Waals surface area contributed by atoms with Crippen molar-refractivity contribution in [2.75, 3.05) is 6.61 Å². The molecule has 0 N–H and O–H groups in total. The molecule has 1 fully saturated rings. The van der Waals surface area contributed by atoms with Crippen molar-refractivity contribution in [1.29, 1.82) is 0 Å². The molecule has 0 aromatic heterocycles. The molecule has 1 unspecified atom stereocenters. The third kappa shape index (κ3) is 2.83. The summed E-state index contributed by atoms with van der Waals surface area (Å²) in [6, 6.07) is 16.0. The average Bonchev–Trinajstić information content (AvgIpc) is 3.24. The molecule has 1 aliphatic rings. The van der Waals surface area contributed by atoms with Gasteiger partial charge in [-0.25, -0.2) is 0 Å². The summed E-state index contributed by atoms with van der Waals surface area (Å²) in [7, 11) is 0. The first-order valence-corrected chi connectivity index (χ1v) is 7.83. The Hall–Kier alpha value is -1.02. The Morgan fingerprint density at radius 1 is 0.952 bits per heavy atom. The van der Waals surface area contributed by atoms with Crippen LogP contribution in [0.5, 0.6) is 0 Å². The Bertz CT molecular complexity index is 625. The third-order valence-electron chi connectivity index (χ3n) is 4.40. The summed E-state index contributed by atoms with van der Waals surface area (Å²) in [6.45, 7) is 5.27. The van der Waals surface area contributed by atoms with E-state index in [1.165, 1.54) is 11.1 Å². The topological polar surface area (TPSA) is 12.5 Å². The molecule has 110 valence electrons. The largest absolute Gasteiger partial charge is 0.364 e. The number of hydrogen-bond donors (Lipinski definition) is 0. The molecule has 0 radical (unpaired) electrons. The highest BCUT2D eigenvalue weighted by Gasteiger charge is 2.57. The van der Waals surface area contributed by atoms with Crippen LogP contribution in [0.4, 0.5) is 0 Å². The minimum atomic E-state index is -0.211. The van der Waals surface area contributed by atoms with E-state index in [0.717, 1.165) is 23.1 Å². The van der Waals surface area contributed by atoms with E-state index in [-0.39, 0.29) is 11.0 Å². The van der Waals surface area contributed by atoms with Crippen LogP contribution in [0.1, 0.15) is 25.0 Å². The zero-order valence-corrected chi connectivity index (χ0v) is 13.7. The number of halogens is 2. The van der Waals surface area contributed by atoms with Crippen LogP contribution in [-0.2, 0) is 16.8 Å². The third-order valence-corrected chi connectivity index (χ3v) is 4.90. The van der Waals surface area contributed by atoms with Gasteiger partial charge in [0.05, 0.1) is 6.61 Å². The Morgan fingerprint density at radius 2 is 1.43 bits per heavy atom. The molecule has 1 aliphatic heterocycles. The van der Waals surface area contributed by atoms with Gasteiger partial charge >= 0.3 is 0 Å². The second-order valence-electron chi connectivity index (χ2n) is 6.31. The molecule has 2 aromatic rings. The monoisotopic (exact) mass is 320 g/mol. The molecule has 2 aromatic carbocycles. The molecule has 0 aliphatic carbocycles. The zero-order valence-electron chi connectivity index (χ0n) is 12.2. The molecular weight excluding hydrogens is 303 g/mol. The highest BCUT2D eigenvalue weighted by Crippen LogP contribution is 2.54. The number of ether oxygens (including phenoxy) is 1. The van der Waals surface area contributed by atoms with Crippen molar-refractivity contribution in [2.24, 2.45) is 5.41 Å². The highest BCUT2D eigenvalue weighted by molar-refractivity contribution is 6.30. The van der Waals surface area contributed by atoms with Crippen LogP contribution in [-0.4, -0.2) is 6.61 Å². The fraction of sp³-hybridized carbons (Fsp3) is 0.333. The van der Waals surface area contributed by atoms with Gasteiger partial charge in [0.25, 0.3) is 0 Å². The van der Waals surface area contributed by atoms with Crippen molar-refractivity contribution in [3.63, 3.8) is 0 Å². The maximum atomic E-state index is 5.99. The molecule has 0 amide bonds. The van der Waals surface area contributed by atoms with Crippen molar-refractivity contribution in [2.45, 2.75) is 25.9 Å². The van der Waals surface area contributed by atoms with Gasteiger partial charge in [0, 0.05) is 15.5 Å². The van der Waals surface area contributed by atoms with Crippen LogP contribution < -0.4 is 0 Å². The predicted octanol–water partition coefficient (Wildman–Crippen LogP) is 5.49. The van der Waals surface area contributed by atoms with Crippen molar-refractivity contribution in [3.8, 4) is 0 Å². The highest BCUT2D eigenvalue weighted by atomic mass is 35.5. The molecule has 0 spiro atoms. The lowest BCUT2D eigenvalue weighted by molar-refractivity contribution is 0.136. The molecule has 1 heterocycles. The predicted molar refractivity (Wildman–Crippen MR) is 88.0 cm³/mol. The van der Waals surface area contributed by atoms with Gasteiger partial charge < -0.3 is 4.74 Å². The van der Waals surface area contributed by atoms with Crippen molar-refractivity contribution >= 4 is 23.2 Å².